The van der Waals surface area contributed by atoms with Gasteiger partial charge in [0.05, 0.1) is 11.8 Å². The van der Waals surface area contributed by atoms with E-state index < -0.39 is 5.82 Å². The van der Waals surface area contributed by atoms with Crippen LogP contribution in [0, 0.1) is 17.1 Å². The summed E-state index contributed by atoms with van der Waals surface area (Å²) in [5.41, 5.74) is 0.778. The number of hydrogen-bond acceptors (Lipinski definition) is 4. The topological polar surface area (TPSA) is 50.5 Å². The highest BCUT2D eigenvalue weighted by Crippen LogP contribution is 2.25. The quantitative estimate of drug-likeness (QED) is 0.911. The van der Waals surface area contributed by atoms with Crippen LogP contribution in [0.4, 0.5) is 10.1 Å². The largest absolute Gasteiger partial charge is 0.392 e. The maximum absolute atomic E-state index is 13.7. The van der Waals surface area contributed by atoms with Crippen LogP contribution in [0.25, 0.3) is 0 Å². The van der Waals surface area contributed by atoms with Gasteiger partial charge in [-0.05, 0) is 26.0 Å². The number of nitrogens with zero attached hydrogens (tertiary/aromatic N) is 3. The summed E-state index contributed by atoms with van der Waals surface area (Å²) in [5, 5.41) is 18.6. The van der Waals surface area contributed by atoms with Crippen LogP contribution >= 0.6 is 0 Å². The molecule has 0 aliphatic carbocycles. The van der Waals surface area contributed by atoms with Crippen LogP contribution in [-0.2, 0) is 0 Å². The third-order valence-corrected chi connectivity index (χ3v) is 3.71. The average molecular weight is 277 g/mol. The van der Waals surface area contributed by atoms with Crippen molar-refractivity contribution < 1.29 is 9.50 Å². The third-order valence-electron chi connectivity index (χ3n) is 3.71. The van der Waals surface area contributed by atoms with E-state index >= 15 is 0 Å². The Labute approximate surface area is 119 Å². The van der Waals surface area contributed by atoms with E-state index in [9.17, 15) is 9.50 Å². The van der Waals surface area contributed by atoms with Crippen LogP contribution in [0.2, 0.25) is 0 Å². The lowest BCUT2D eigenvalue weighted by Gasteiger charge is -2.41. The summed E-state index contributed by atoms with van der Waals surface area (Å²) in [6, 6.07) is 6.95. The van der Waals surface area contributed by atoms with E-state index in [1.165, 1.54) is 6.07 Å². The molecule has 2 atom stereocenters. The summed E-state index contributed by atoms with van der Waals surface area (Å²) in [5.74, 6) is -0.468. The van der Waals surface area contributed by atoms with Crippen molar-refractivity contribution in [2.75, 3.05) is 31.1 Å². The van der Waals surface area contributed by atoms with Crippen molar-refractivity contribution in [2.45, 2.75) is 26.0 Å². The average Bonchev–Trinajstić information content (AvgIpc) is 2.40. The van der Waals surface area contributed by atoms with Gasteiger partial charge >= 0.3 is 0 Å². The molecule has 2 rings (SSSR count). The van der Waals surface area contributed by atoms with Gasteiger partial charge in [-0.3, -0.25) is 4.90 Å². The Morgan fingerprint density at radius 3 is 2.85 bits per heavy atom. The van der Waals surface area contributed by atoms with Gasteiger partial charge < -0.3 is 10.0 Å². The standard InChI is InChI=1S/C15H20FN3O/c1-11-9-19(7-6-18(11)10-12(2)20)15-5-3-4-14(16)13(15)8-17/h3-5,11-12,20H,6-7,9-10H2,1-2H3/t11-,12-/m1/s1. The van der Waals surface area contributed by atoms with Crippen LogP contribution in [-0.4, -0.2) is 48.3 Å². The summed E-state index contributed by atoms with van der Waals surface area (Å²) < 4.78 is 13.7. The predicted octanol–water partition coefficient (Wildman–Crippen LogP) is 1.59. The van der Waals surface area contributed by atoms with Gasteiger partial charge in [0.15, 0.2) is 0 Å². The first-order valence-electron chi connectivity index (χ1n) is 6.88. The van der Waals surface area contributed by atoms with Crippen molar-refractivity contribution in [2.24, 2.45) is 0 Å². The lowest BCUT2D eigenvalue weighted by molar-refractivity contribution is 0.0960. The zero-order valence-corrected chi connectivity index (χ0v) is 11.9. The van der Waals surface area contributed by atoms with Gasteiger partial charge in [-0.1, -0.05) is 6.07 Å². The molecule has 0 aromatic heterocycles. The molecular weight excluding hydrogens is 257 g/mol. The summed E-state index contributed by atoms with van der Waals surface area (Å²) in [7, 11) is 0. The molecule has 4 nitrogen and oxygen atoms in total. The molecule has 0 saturated carbocycles. The van der Waals surface area contributed by atoms with Crippen LogP contribution in [0.5, 0.6) is 0 Å². The van der Waals surface area contributed by atoms with Crippen LogP contribution < -0.4 is 4.90 Å². The number of aliphatic hydroxyl groups excluding tert-OH is 1. The molecule has 1 aromatic carbocycles. The van der Waals surface area contributed by atoms with Gasteiger partial charge in [0, 0.05) is 32.2 Å². The molecule has 0 amide bonds. The molecule has 0 radical (unpaired) electrons. The fraction of sp³-hybridized carbons (Fsp3) is 0.533. The number of rotatable bonds is 3. The molecule has 0 spiro atoms. The maximum atomic E-state index is 13.7. The minimum atomic E-state index is -0.468. The van der Waals surface area contributed by atoms with Crippen LogP contribution in [0.15, 0.2) is 18.2 Å². The number of halogens is 1. The maximum Gasteiger partial charge on any atom is 0.143 e. The first kappa shape index (κ1) is 14.8. The SMILES string of the molecule is C[C@@H]1CN(c2cccc(F)c2C#N)CCN1C[C@@H](C)O. The fourth-order valence-corrected chi connectivity index (χ4v) is 2.71. The minimum Gasteiger partial charge on any atom is -0.392 e. The van der Waals surface area contributed by atoms with Gasteiger partial charge in [-0.25, -0.2) is 4.39 Å². The molecule has 1 heterocycles. The molecule has 1 aliphatic heterocycles. The van der Waals surface area contributed by atoms with Gasteiger partial charge in [-0.2, -0.15) is 5.26 Å². The van der Waals surface area contributed by atoms with Crippen molar-refractivity contribution in [1.82, 2.24) is 4.90 Å². The highest BCUT2D eigenvalue weighted by atomic mass is 19.1. The lowest BCUT2D eigenvalue weighted by atomic mass is 10.1. The molecule has 1 N–H and O–H groups in total. The van der Waals surface area contributed by atoms with E-state index in [1.807, 2.05) is 11.0 Å². The van der Waals surface area contributed by atoms with E-state index in [-0.39, 0.29) is 17.7 Å². The molecule has 1 aliphatic rings. The highest BCUT2D eigenvalue weighted by Gasteiger charge is 2.26. The third kappa shape index (κ3) is 3.09. The number of hydrogen-bond donors (Lipinski definition) is 1. The smallest absolute Gasteiger partial charge is 0.143 e. The Morgan fingerprint density at radius 2 is 2.25 bits per heavy atom. The van der Waals surface area contributed by atoms with Crippen molar-refractivity contribution in [1.29, 1.82) is 5.26 Å². The predicted molar refractivity (Wildman–Crippen MR) is 76.0 cm³/mol. The fourth-order valence-electron chi connectivity index (χ4n) is 2.71. The van der Waals surface area contributed by atoms with Crippen LogP contribution in [0.3, 0.4) is 0 Å². The second kappa shape index (κ2) is 6.21. The van der Waals surface area contributed by atoms with E-state index in [0.29, 0.717) is 12.2 Å². The Balaban J connectivity index is 2.14. The van der Waals surface area contributed by atoms with Crippen molar-refractivity contribution in [3.05, 3.63) is 29.6 Å². The first-order valence-corrected chi connectivity index (χ1v) is 6.88. The van der Waals surface area contributed by atoms with E-state index in [4.69, 9.17) is 5.26 Å². The molecule has 108 valence electrons. The highest BCUT2D eigenvalue weighted by molar-refractivity contribution is 5.60. The van der Waals surface area contributed by atoms with E-state index in [2.05, 4.69) is 11.8 Å². The molecule has 0 bridgehead atoms. The Bertz CT molecular complexity index is 512. The van der Waals surface area contributed by atoms with Crippen molar-refractivity contribution in [3.8, 4) is 6.07 Å². The summed E-state index contributed by atoms with van der Waals surface area (Å²) >= 11 is 0. The molecule has 1 aromatic rings. The summed E-state index contributed by atoms with van der Waals surface area (Å²) in [4.78, 5) is 4.26. The Kier molecular flexibility index (Phi) is 4.58. The zero-order chi connectivity index (χ0) is 14.7. The number of benzene rings is 1. The number of nitriles is 1. The Morgan fingerprint density at radius 1 is 1.50 bits per heavy atom. The second-order valence-corrected chi connectivity index (χ2v) is 5.38. The zero-order valence-electron chi connectivity index (χ0n) is 11.9. The number of β-amino-alcohol motifs (C(OH)–C–C–N with tert-alkyl or cyclic N) is 1. The number of anilines is 1. The Hall–Kier alpha value is -1.64. The van der Waals surface area contributed by atoms with Crippen LogP contribution in [0.1, 0.15) is 19.4 Å². The van der Waals surface area contributed by atoms with Crippen molar-refractivity contribution in [3.63, 3.8) is 0 Å². The summed E-state index contributed by atoms with van der Waals surface area (Å²) in [6.45, 7) is 6.76. The van der Waals surface area contributed by atoms with E-state index in [1.54, 1.807) is 19.1 Å². The molecule has 0 unspecified atom stereocenters. The molecule has 5 heteroatoms. The van der Waals surface area contributed by atoms with Gasteiger partial charge in [0.25, 0.3) is 0 Å². The van der Waals surface area contributed by atoms with Crippen molar-refractivity contribution >= 4 is 5.69 Å². The number of aliphatic hydroxyl groups is 1. The lowest BCUT2D eigenvalue weighted by Crippen LogP contribution is -2.53. The summed E-state index contributed by atoms with van der Waals surface area (Å²) in [6.07, 6.45) is -0.354. The second-order valence-electron chi connectivity index (χ2n) is 5.38. The normalized spacial score (nSPS) is 21.6. The minimum absolute atomic E-state index is 0.115. The van der Waals surface area contributed by atoms with Gasteiger partial charge in [-0.15, -0.1) is 0 Å². The monoisotopic (exact) mass is 277 g/mol. The van der Waals surface area contributed by atoms with Gasteiger partial charge in [0.2, 0.25) is 0 Å². The molecule has 20 heavy (non-hydrogen) atoms. The van der Waals surface area contributed by atoms with Gasteiger partial charge in [0.1, 0.15) is 17.4 Å². The first-order chi connectivity index (χ1) is 9.52. The molecular formula is C15H20FN3O. The molecule has 1 fully saturated rings. The van der Waals surface area contributed by atoms with E-state index in [0.717, 1.165) is 19.6 Å². The number of piperazine rings is 1. The molecule has 1 saturated heterocycles.